The number of aliphatic imine (C=N–C) groups is 2. The molecule has 0 aliphatic heterocycles. The molecular weight excluding hydrogens is 236 g/mol. The Labute approximate surface area is 92.0 Å². The number of hydrogen-bond donors (Lipinski definition) is 1. The van der Waals surface area contributed by atoms with Crippen LogP contribution in [0.25, 0.3) is 0 Å². The van der Waals surface area contributed by atoms with Crippen molar-refractivity contribution < 1.29 is 22.5 Å². The second kappa shape index (κ2) is 5.69. The molecule has 1 N–H and O–H groups in total. The lowest BCUT2D eigenvalue weighted by Crippen LogP contribution is -1.96. The summed E-state index contributed by atoms with van der Waals surface area (Å²) in [6.45, 7) is 0. The highest BCUT2D eigenvalue weighted by atomic mass is 32.2. The fourth-order valence-corrected chi connectivity index (χ4v) is 1.19. The van der Waals surface area contributed by atoms with Gasteiger partial charge in [0.15, 0.2) is 0 Å². The first-order chi connectivity index (χ1) is 7.65. The molecule has 1 unspecified atom stereocenters. The van der Waals surface area contributed by atoms with Gasteiger partial charge in [-0.15, -0.1) is 0 Å². The highest BCUT2D eigenvalue weighted by Gasteiger charge is 2.04. The van der Waals surface area contributed by atoms with Crippen molar-refractivity contribution in [1.29, 1.82) is 0 Å². The van der Waals surface area contributed by atoms with Gasteiger partial charge in [-0.3, -0.25) is 4.55 Å². The Balaban J connectivity index is 3.22. The number of benzene rings is 1. The van der Waals surface area contributed by atoms with Crippen LogP contribution in [0, 0.1) is 0 Å². The number of carbonyl (C=O) groups excluding carboxylic acids is 2. The summed E-state index contributed by atoms with van der Waals surface area (Å²) in [6.07, 6.45) is 2.55. The molecule has 0 fully saturated rings. The normalized spacial score (nSPS) is 10.8. The lowest BCUT2D eigenvalue weighted by Gasteiger charge is -2.01. The van der Waals surface area contributed by atoms with Gasteiger partial charge in [-0.2, -0.15) is 14.2 Å². The van der Waals surface area contributed by atoms with Gasteiger partial charge in [0.25, 0.3) is 0 Å². The molecule has 0 amide bonds. The summed E-state index contributed by atoms with van der Waals surface area (Å²) >= 11 is -2.52. The zero-order valence-corrected chi connectivity index (χ0v) is 8.43. The van der Waals surface area contributed by atoms with E-state index in [0.29, 0.717) is 0 Å². The van der Waals surface area contributed by atoms with Crippen LogP contribution in [0.15, 0.2) is 28.2 Å². The van der Waals surface area contributed by atoms with Gasteiger partial charge < -0.3 is 4.18 Å². The van der Waals surface area contributed by atoms with Crippen molar-refractivity contribution in [1.82, 2.24) is 0 Å². The third-order valence-corrected chi connectivity index (χ3v) is 1.73. The Bertz CT molecular complexity index is 481. The average molecular weight is 240 g/mol. The first-order valence-electron chi connectivity index (χ1n) is 3.75. The molecular formula is C8H4N2O5S. The van der Waals surface area contributed by atoms with Gasteiger partial charge in [0.05, 0.1) is 11.4 Å². The maximum absolute atomic E-state index is 10.4. The van der Waals surface area contributed by atoms with E-state index in [1.165, 1.54) is 30.4 Å². The minimum absolute atomic E-state index is 0.0636. The molecule has 0 heterocycles. The Kier molecular flexibility index (Phi) is 4.26. The molecule has 82 valence electrons. The van der Waals surface area contributed by atoms with Crippen LogP contribution in [-0.4, -0.2) is 20.9 Å². The third kappa shape index (κ3) is 3.56. The Morgan fingerprint density at radius 1 is 1.12 bits per heavy atom. The summed E-state index contributed by atoms with van der Waals surface area (Å²) < 4.78 is 23.3. The molecule has 0 bridgehead atoms. The standard InChI is InChI=1S/C8H4N2O5S/c11-4-9-6-1-7(10-5-12)3-8(2-6)15-16(13)14/h1-3H,(H,13,14). The molecule has 0 saturated heterocycles. The van der Waals surface area contributed by atoms with Crippen LogP contribution >= 0.6 is 0 Å². The number of rotatable bonds is 4. The van der Waals surface area contributed by atoms with E-state index >= 15 is 0 Å². The van der Waals surface area contributed by atoms with Gasteiger partial charge in [0, 0.05) is 12.1 Å². The molecule has 0 aliphatic rings. The Morgan fingerprint density at radius 2 is 1.62 bits per heavy atom. The third-order valence-electron chi connectivity index (χ3n) is 1.39. The topological polar surface area (TPSA) is 105 Å². The summed E-state index contributed by atoms with van der Waals surface area (Å²) in [4.78, 5) is 26.6. The second-order valence-electron chi connectivity index (χ2n) is 2.39. The number of nitrogens with zero attached hydrogens (tertiary/aromatic N) is 2. The minimum atomic E-state index is -2.52. The quantitative estimate of drug-likeness (QED) is 0.482. The van der Waals surface area contributed by atoms with E-state index in [-0.39, 0.29) is 17.1 Å². The van der Waals surface area contributed by atoms with Crippen LogP contribution in [0.4, 0.5) is 11.4 Å². The van der Waals surface area contributed by atoms with Gasteiger partial charge in [-0.05, 0) is 6.07 Å². The predicted octanol–water partition coefficient (Wildman–Crippen LogP) is 1.14. The summed E-state index contributed by atoms with van der Waals surface area (Å²) in [5.41, 5.74) is 0.180. The lowest BCUT2D eigenvalue weighted by atomic mass is 10.2. The van der Waals surface area contributed by atoms with Crippen molar-refractivity contribution in [2.24, 2.45) is 9.98 Å². The first kappa shape index (κ1) is 12.0. The van der Waals surface area contributed by atoms with Crippen LogP contribution in [0.1, 0.15) is 0 Å². The zero-order chi connectivity index (χ0) is 12.0. The van der Waals surface area contributed by atoms with E-state index in [2.05, 4.69) is 14.2 Å². The van der Waals surface area contributed by atoms with Crippen LogP contribution in [-0.2, 0) is 21.0 Å². The molecule has 0 radical (unpaired) electrons. The summed E-state index contributed by atoms with van der Waals surface area (Å²) in [6, 6.07) is 3.70. The fraction of sp³-hybridized carbons (Fsp3) is 0. The van der Waals surface area contributed by atoms with Crippen molar-refractivity contribution in [3.05, 3.63) is 18.2 Å². The molecule has 0 saturated carbocycles. The molecule has 0 aliphatic carbocycles. The largest absolute Gasteiger partial charge is 0.380 e. The maximum atomic E-state index is 10.4. The highest BCUT2D eigenvalue weighted by Crippen LogP contribution is 2.28. The smallest absolute Gasteiger partial charge is 0.357 e. The molecule has 8 heteroatoms. The second-order valence-corrected chi connectivity index (χ2v) is 2.99. The molecule has 0 aromatic heterocycles. The average Bonchev–Trinajstić information content (AvgIpc) is 2.17. The van der Waals surface area contributed by atoms with E-state index in [9.17, 15) is 13.8 Å². The summed E-state index contributed by atoms with van der Waals surface area (Å²) in [5, 5.41) is 0. The summed E-state index contributed by atoms with van der Waals surface area (Å²) in [7, 11) is 0. The molecule has 7 nitrogen and oxygen atoms in total. The van der Waals surface area contributed by atoms with Crippen molar-refractivity contribution in [3.63, 3.8) is 0 Å². The van der Waals surface area contributed by atoms with Gasteiger partial charge >= 0.3 is 11.4 Å². The van der Waals surface area contributed by atoms with Crippen LogP contribution in [0.5, 0.6) is 5.75 Å². The van der Waals surface area contributed by atoms with E-state index in [4.69, 9.17) is 4.55 Å². The maximum Gasteiger partial charge on any atom is 0.357 e. The Morgan fingerprint density at radius 3 is 2.00 bits per heavy atom. The van der Waals surface area contributed by atoms with Gasteiger partial charge in [-0.1, -0.05) is 0 Å². The molecule has 0 spiro atoms. The van der Waals surface area contributed by atoms with Gasteiger partial charge in [-0.25, -0.2) is 9.59 Å². The van der Waals surface area contributed by atoms with Crippen molar-refractivity contribution in [2.45, 2.75) is 0 Å². The van der Waals surface area contributed by atoms with Crippen molar-refractivity contribution in [2.75, 3.05) is 0 Å². The minimum Gasteiger partial charge on any atom is -0.380 e. The van der Waals surface area contributed by atoms with E-state index in [0.717, 1.165) is 0 Å². The van der Waals surface area contributed by atoms with Gasteiger partial charge in [0.2, 0.25) is 12.2 Å². The SMILES string of the molecule is O=C=Nc1cc(N=C=O)cc(OS(=O)O)c1. The first-order valence-corrected chi connectivity index (χ1v) is 4.79. The molecule has 1 atom stereocenters. The van der Waals surface area contributed by atoms with E-state index in [1.807, 2.05) is 0 Å². The number of isocyanates is 2. The van der Waals surface area contributed by atoms with Crippen LogP contribution < -0.4 is 4.18 Å². The van der Waals surface area contributed by atoms with Gasteiger partial charge in [0.1, 0.15) is 5.75 Å². The highest BCUT2D eigenvalue weighted by molar-refractivity contribution is 7.74. The van der Waals surface area contributed by atoms with Crippen LogP contribution in [0.3, 0.4) is 0 Å². The van der Waals surface area contributed by atoms with E-state index in [1.54, 1.807) is 0 Å². The summed E-state index contributed by atoms with van der Waals surface area (Å²) in [5.74, 6) is -0.0636. The molecule has 1 aromatic rings. The van der Waals surface area contributed by atoms with Crippen molar-refractivity contribution >= 4 is 34.9 Å². The zero-order valence-electron chi connectivity index (χ0n) is 7.61. The Hall–Kier alpha value is -2.11. The monoisotopic (exact) mass is 240 g/mol. The molecule has 1 rings (SSSR count). The number of hydrogen-bond acceptors (Lipinski definition) is 6. The lowest BCUT2D eigenvalue weighted by molar-refractivity contribution is 0.458. The fourth-order valence-electron chi connectivity index (χ4n) is 0.933. The van der Waals surface area contributed by atoms with E-state index < -0.39 is 11.4 Å². The molecule has 16 heavy (non-hydrogen) atoms. The van der Waals surface area contributed by atoms with Crippen molar-refractivity contribution in [3.8, 4) is 5.75 Å². The predicted molar refractivity (Wildman–Crippen MR) is 53.4 cm³/mol. The molecule has 1 aromatic carbocycles. The van der Waals surface area contributed by atoms with Crippen LogP contribution in [0.2, 0.25) is 0 Å².